The number of carbonyl (C=O) groups is 1. The lowest BCUT2D eigenvalue weighted by atomic mass is 10.0. The number of nitrogens with one attached hydrogen (secondary N) is 1. The van der Waals surface area contributed by atoms with Gasteiger partial charge < -0.3 is 4.90 Å². The minimum absolute atomic E-state index is 0.113. The highest BCUT2D eigenvalue weighted by atomic mass is 16.2. The van der Waals surface area contributed by atoms with Gasteiger partial charge in [-0.05, 0) is 29.7 Å². The normalized spacial score (nSPS) is 14.5. The molecule has 1 aliphatic rings. The van der Waals surface area contributed by atoms with Crippen molar-refractivity contribution in [3.8, 4) is 0 Å². The summed E-state index contributed by atoms with van der Waals surface area (Å²) in [6.07, 6.45) is 1.97. The molecule has 0 saturated heterocycles. The highest BCUT2D eigenvalue weighted by Gasteiger charge is 2.25. The van der Waals surface area contributed by atoms with Crippen LogP contribution in [0.1, 0.15) is 22.6 Å². The molecule has 6 heteroatoms. The van der Waals surface area contributed by atoms with Crippen molar-refractivity contribution in [3.63, 3.8) is 0 Å². The zero-order chi connectivity index (χ0) is 11.7. The Kier molecular flexibility index (Phi) is 2.32. The molecular weight excluding hydrogens is 218 g/mol. The van der Waals surface area contributed by atoms with Crippen LogP contribution >= 0.6 is 0 Å². The smallest absolute Gasteiger partial charge is 0.299 e. The highest BCUT2D eigenvalue weighted by Crippen LogP contribution is 2.27. The Morgan fingerprint density at radius 2 is 2.24 bits per heavy atom. The fourth-order valence-electron chi connectivity index (χ4n) is 2.12. The van der Waals surface area contributed by atoms with Gasteiger partial charge in [0.2, 0.25) is 0 Å². The summed E-state index contributed by atoms with van der Waals surface area (Å²) in [5.41, 5.74) is 2.14. The first-order chi connectivity index (χ1) is 8.36. The molecule has 0 saturated carbocycles. The zero-order valence-corrected chi connectivity index (χ0v) is 9.13. The van der Waals surface area contributed by atoms with Crippen molar-refractivity contribution in [1.29, 1.82) is 0 Å². The Bertz CT molecular complexity index is 537. The first-order valence-corrected chi connectivity index (χ1v) is 5.49. The minimum Gasteiger partial charge on any atom is -0.305 e. The Balaban J connectivity index is 1.98. The van der Waals surface area contributed by atoms with Crippen molar-refractivity contribution in [3.05, 3.63) is 35.7 Å². The van der Waals surface area contributed by atoms with Crippen molar-refractivity contribution < 1.29 is 4.79 Å². The number of benzene rings is 1. The van der Waals surface area contributed by atoms with Gasteiger partial charge in [0.25, 0.3) is 11.7 Å². The first kappa shape index (κ1) is 9.95. The van der Waals surface area contributed by atoms with Crippen LogP contribution in [0.3, 0.4) is 0 Å². The van der Waals surface area contributed by atoms with E-state index in [0.29, 0.717) is 6.54 Å². The zero-order valence-electron chi connectivity index (χ0n) is 9.13. The third-order valence-electron chi connectivity index (χ3n) is 2.89. The molecule has 0 radical (unpaired) electrons. The second-order valence-corrected chi connectivity index (χ2v) is 3.92. The van der Waals surface area contributed by atoms with Crippen molar-refractivity contribution in [2.45, 2.75) is 12.8 Å². The Morgan fingerprint density at radius 1 is 1.35 bits per heavy atom. The number of aryl methyl sites for hydroxylation is 1. The van der Waals surface area contributed by atoms with Crippen LogP contribution in [0.4, 0.5) is 5.69 Å². The molecule has 6 nitrogen and oxygen atoms in total. The number of hydrogen-bond acceptors (Lipinski definition) is 4. The molecule has 2 aromatic rings. The molecular formula is C11H11N5O. The monoisotopic (exact) mass is 229 g/mol. The number of tetrazole rings is 1. The Morgan fingerprint density at radius 3 is 3.06 bits per heavy atom. The van der Waals surface area contributed by atoms with Gasteiger partial charge in [-0.2, -0.15) is 5.21 Å². The lowest BCUT2D eigenvalue weighted by Crippen LogP contribution is -2.36. The number of anilines is 1. The van der Waals surface area contributed by atoms with Gasteiger partial charge in [0.1, 0.15) is 0 Å². The van der Waals surface area contributed by atoms with Crippen LogP contribution < -0.4 is 4.90 Å². The van der Waals surface area contributed by atoms with Crippen LogP contribution in [-0.4, -0.2) is 33.1 Å². The van der Waals surface area contributed by atoms with Crippen LogP contribution in [0.15, 0.2) is 24.3 Å². The van der Waals surface area contributed by atoms with Crippen LogP contribution in [0.5, 0.6) is 0 Å². The molecule has 0 unspecified atom stereocenters. The SMILES string of the molecule is O=C(c1nn[nH]n1)N1CCCc2ccccc21. The van der Waals surface area contributed by atoms with Crippen LogP contribution in [0, 0.1) is 0 Å². The van der Waals surface area contributed by atoms with E-state index in [-0.39, 0.29) is 11.7 Å². The summed E-state index contributed by atoms with van der Waals surface area (Å²) < 4.78 is 0. The number of rotatable bonds is 1. The number of carbonyl (C=O) groups excluding carboxylic acids is 1. The summed E-state index contributed by atoms with van der Waals surface area (Å²) in [6.45, 7) is 0.699. The second kappa shape index (κ2) is 3.97. The lowest BCUT2D eigenvalue weighted by Gasteiger charge is -2.28. The average Bonchev–Trinajstić information content (AvgIpc) is 2.91. The minimum atomic E-state index is -0.203. The van der Waals surface area contributed by atoms with Gasteiger partial charge >= 0.3 is 0 Å². The summed E-state index contributed by atoms with van der Waals surface area (Å²) in [5.74, 6) is -0.0902. The molecule has 1 N–H and O–H groups in total. The summed E-state index contributed by atoms with van der Waals surface area (Å²) in [7, 11) is 0. The maximum Gasteiger partial charge on any atom is 0.299 e. The fraction of sp³-hybridized carbons (Fsp3) is 0.273. The van der Waals surface area contributed by atoms with E-state index in [1.54, 1.807) is 4.90 Å². The molecule has 0 fully saturated rings. The molecule has 1 aliphatic heterocycles. The Hall–Kier alpha value is -2.24. The van der Waals surface area contributed by atoms with Gasteiger partial charge in [0.05, 0.1) is 0 Å². The third-order valence-corrected chi connectivity index (χ3v) is 2.89. The van der Waals surface area contributed by atoms with E-state index in [2.05, 4.69) is 20.6 Å². The predicted octanol–water partition coefficient (Wildman–Crippen LogP) is 0.793. The second-order valence-electron chi connectivity index (χ2n) is 3.92. The fourth-order valence-corrected chi connectivity index (χ4v) is 2.12. The summed E-state index contributed by atoms with van der Waals surface area (Å²) in [5, 5.41) is 13.2. The van der Waals surface area contributed by atoms with Gasteiger partial charge in [0.15, 0.2) is 0 Å². The average molecular weight is 229 g/mol. The predicted molar refractivity (Wildman–Crippen MR) is 60.6 cm³/mol. The van der Waals surface area contributed by atoms with E-state index < -0.39 is 0 Å². The molecule has 86 valence electrons. The van der Waals surface area contributed by atoms with E-state index >= 15 is 0 Å². The maximum atomic E-state index is 12.2. The van der Waals surface area contributed by atoms with E-state index in [0.717, 1.165) is 18.5 Å². The largest absolute Gasteiger partial charge is 0.305 e. The quantitative estimate of drug-likeness (QED) is 0.784. The van der Waals surface area contributed by atoms with E-state index in [9.17, 15) is 4.79 Å². The van der Waals surface area contributed by atoms with Crippen molar-refractivity contribution in [1.82, 2.24) is 20.6 Å². The standard InChI is InChI=1S/C11H11N5O/c17-11(10-12-14-15-13-10)16-7-3-5-8-4-1-2-6-9(8)16/h1-2,4,6H,3,5,7H2,(H,12,13,14,15). The molecule has 1 aromatic carbocycles. The van der Waals surface area contributed by atoms with Gasteiger partial charge in [0, 0.05) is 12.2 Å². The molecule has 0 bridgehead atoms. The summed E-state index contributed by atoms with van der Waals surface area (Å²) >= 11 is 0. The van der Waals surface area contributed by atoms with E-state index in [1.807, 2.05) is 24.3 Å². The number of para-hydroxylation sites is 1. The molecule has 17 heavy (non-hydrogen) atoms. The van der Waals surface area contributed by atoms with Crippen molar-refractivity contribution in [2.24, 2.45) is 0 Å². The lowest BCUT2D eigenvalue weighted by molar-refractivity contribution is 0.0975. The number of aromatic amines is 1. The van der Waals surface area contributed by atoms with E-state index in [1.165, 1.54) is 5.56 Å². The molecule has 0 aliphatic carbocycles. The summed E-state index contributed by atoms with van der Waals surface area (Å²) in [6, 6.07) is 7.92. The number of aromatic nitrogens is 4. The third kappa shape index (κ3) is 1.67. The van der Waals surface area contributed by atoms with Crippen LogP contribution in [0.25, 0.3) is 0 Å². The number of amides is 1. The van der Waals surface area contributed by atoms with Crippen molar-refractivity contribution >= 4 is 11.6 Å². The topological polar surface area (TPSA) is 74.8 Å². The van der Waals surface area contributed by atoms with Crippen molar-refractivity contribution in [2.75, 3.05) is 11.4 Å². The maximum absolute atomic E-state index is 12.2. The molecule has 1 aromatic heterocycles. The molecule has 2 heterocycles. The number of fused-ring (bicyclic) bond motifs is 1. The van der Waals surface area contributed by atoms with Gasteiger partial charge in [-0.25, -0.2) is 0 Å². The molecule has 0 spiro atoms. The number of nitrogens with zero attached hydrogens (tertiary/aromatic N) is 4. The molecule has 1 amide bonds. The van der Waals surface area contributed by atoms with Crippen LogP contribution in [-0.2, 0) is 6.42 Å². The Labute approximate surface area is 97.6 Å². The van der Waals surface area contributed by atoms with E-state index in [4.69, 9.17) is 0 Å². The highest BCUT2D eigenvalue weighted by molar-refractivity contribution is 6.04. The van der Waals surface area contributed by atoms with Gasteiger partial charge in [-0.15, -0.1) is 10.2 Å². The summed E-state index contributed by atoms with van der Waals surface area (Å²) in [4.78, 5) is 13.9. The number of hydrogen-bond donors (Lipinski definition) is 1. The number of H-pyrrole nitrogens is 1. The molecule has 0 atom stereocenters. The van der Waals surface area contributed by atoms with Gasteiger partial charge in [-0.1, -0.05) is 18.2 Å². The molecule has 3 rings (SSSR count). The first-order valence-electron chi connectivity index (χ1n) is 5.49. The van der Waals surface area contributed by atoms with Crippen LogP contribution in [0.2, 0.25) is 0 Å². The van der Waals surface area contributed by atoms with Gasteiger partial charge in [-0.3, -0.25) is 4.79 Å².